The smallest absolute Gasteiger partial charge is 0.176 e. The molecule has 0 aliphatic heterocycles. The van der Waals surface area contributed by atoms with Gasteiger partial charge in [-0.05, 0) is 22.0 Å². The SMILES string of the molecule is N#Cc1cc(F)c(F)c(Br)c1O. The second-order valence-corrected chi connectivity index (χ2v) is 2.79. The van der Waals surface area contributed by atoms with Gasteiger partial charge in [-0.25, -0.2) is 8.78 Å². The Morgan fingerprint density at radius 2 is 2.08 bits per heavy atom. The second kappa shape index (κ2) is 3.07. The molecule has 0 fully saturated rings. The molecule has 0 spiro atoms. The van der Waals surface area contributed by atoms with Gasteiger partial charge in [0, 0.05) is 0 Å². The third-order valence-electron chi connectivity index (χ3n) is 1.26. The van der Waals surface area contributed by atoms with Gasteiger partial charge in [-0.1, -0.05) is 0 Å². The predicted molar refractivity (Wildman–Crippen MR) is 40.4 cm³/mol. The van der Waals surface area contributed by atoms with E-state index >= 15 is 0 Å². The Hall–Kier alpha value is -1.15. The quantitative estimate of drug-likeness (QED) is 0.700. The van der Waals surface area contributed by atoms with Gasteiger partial charge in [-0.15, -0.1) is 0 Å². The maximum Gasteiger partial charge on any atom is 0.176 e. The number of nitrogens with zero attached hydrogens (tertiary/aromatic N) is 1. The molecule has 1 rings (SSSR count). The minimum Gasteiger partial charge on any atom is -0.505 e. The average molecular weight is 234 g/mol. The number of hydrogen-bond acceptors (Lipinski definition) is 2. The van der Waals surface area contributed by atoms with Crippen LogP contribution < -0.4 is 0 Å². The third kappa shape index (κ3) is 1.25. The molecule has 0 saturated heterocycles. The number of phenols is 1. The van der Waals surface area contributed by atoms with Crippen LogP contribution in [0.15, 0.2) is 10.5 Å². The van der Waals surface area contributed by atoms with Crippen LogP contribution in [0.3, 0.4) is 0 Å². The van der Waals surface area contributed by atoms with E-state index in [9.17, 15) is 8.78 Å². The first-order valence-electron chi connectivity index (χ1n) is 2.84. The largest absolute Gasteiger partial charge is 0.505 e. The van der Waals surface area contributed by atoms with E-state index in [1.54, 1.807) is 0 Å². The van der Waals surface area contributed by atoms with Crippen LogP contribution in [0, 0.1) is 23.0 Å². The number of aromatic hydroxyl groups is 1. The number of nitriles is 1. The van der Waals surface area contributed by atoms with Crippen molar-refractivity contribution in [3.63, 3.8) is 0 Å². The Balaban J connectivity index is 3.52. The highest BCUT2D eigenvalue weighted by atomic mass is 79.9. The molecule has 1 N–H and O–H groups in total. The molecule has 1 aromatic carbocycles. The van der Waals surface area contributed by atoms with Crippen molar-refractivity contribution >= 4 is 15.9 Å². The number of benzene rings is 1. The van der Waals surface area contributed by atoms with Crippen LogP contribution in [-0.2, 0) is 0 Å². The monoisotopic (exact) mass is 233 g/mol. The summed E-state index contributed by atoms with van der Waals surface area (Å²) in [6.45, 7) is 0. The van der Waals surface area contributed by atoms with Crippen LogP contribution in [0.2, 0.25) is 0 Å². The van der Waals surface area contributed by atoms with E-state index in [0.717, 1.165) is 0 Å². The molecule has 0 heterocycles. The van der Waals surface area contributed by atoms with Crippen LogP contribution in [0.1, 0.15) is 5.56 Å². The normalized spacial score (nSPS) is 9.50. The molecule has 1 aromatic rings. The summed E-state index contributed by atoms with van der Waals surface area (Å²) in [7, 11) is 0. The van der Waals surface area contributed by atoms with Crippen molar-refractivity contribution in [2.24, 2.45) is 0 Å². The summed E-state index contributed by atoms with van der Waals surface area (Å²) in [5, 5.41) is 17.4. The van der Waals surface area contributed by atoms with Crippen LogP contribution >= 0.6 is 15.9 Å². The highest BCUT2D eigenvalue weighted by Gasteiger charge is 2.15. The Labute approximate surface area is 75.2 Å². The maximum atomic E-state index is 12.6. The topological polar surface area (TPSA) is 44.0 Å². The minimum atomic E-state index is -1.20. The zero-order valence-corrected chi connectivity index (χ0v) is 7.19. The van der Waals surface area contributed by atoms with Gasteiger partial charge in [0.25, 0.3) is 0 Å². The molecule has 0 unspecified atom stereocenters. The minimum absolute atomic E-state index is 0.305. The van der Waals surface area contributed by atoms with E-state index < -0.39 is 21.9 Å². The fourth-order valence-corrected chi connectivity index (χ4v) is 1.07. The molecule has 0 aliphatic rings. The molecule has 12 heavy (non-hydrogen) atoms. The van der Waals surface area contributed by atoms with Gasteiger partial charge >= 0.3 is 0 Å². The fraction of sp³-hybridized carbons (Fsp3) is 0. The first-order chi connectivity index (χ1) is 5.57. The Kier molecular flexibility index (Phi) is 2.29. The van der Waals surface area contributed by atoms with E-state index in [-0.39, 0.29) is 5.56 Å². The van der Waals surface area contributed by atoms with Crippen molar-refractivity contribution in [1.29, 1.82) is 5.26 Å². The molecular weight excluding hydrogens is 232 g/mol. The van der Waals surface area contributed by atoms with Crippen LogP contribution in [0.25, 0.3) is 0 Å². The van der Waals surface area contributed by atoms with Crippen molar-refractivity contribution in [3.05, 3.63) is 27.7 Å². The Bertz CT molecular complexity index is 373. The van der Waals surface area contributed by atoms with Gasteiger partial charge in [0.15, 0.2) is 17.4 Å². The van der Waals surface area contributed by atoms with Crippen molar-refractivity contribution in [2.45, 2.75) is 0 Å². The van der Waals surface area contributed by atoms with E-state index in [4.69, 9.17) is 10.4 Å². The highest BCUT2D eigenvalue weighted by molar-refractivity contribution is 9.10. The summed E-state index contributed by atoms with van der Waals surface area (Å²) in [6, 6.07) is 2.15. The van der Waals surface area contributed by atoms with Gasteiger partial charge < -0.3 is 5.11 Å². The van der Waals surface area contributed by atoms with Crippen LogP contribution in [0.5, 0.6) is 5.75 Å². The number of halogens is 3. The van der Waals surface area contributed by atoms with E-state index in [1.807, 2.05) is 0 Å². The van der Waals surface area contributed by atoms with E-state index in [1.165, 1.54) is 6.07 Å². The molecular formula is C7H2BrF2NO. The summed E-state index contributed by atoms with van der Waals surface area (Å²) in [5.41, 5.74) is -0.305. The van der Waals surface area contributed by atoms with Crippen LogP contribution in [0.4, 0.5) is 8.78 Å². The van der Waals surface area contributed by atoms with Crippen molar-refractivity contribution in [2.75, 3.05) is 0 Å². The summed E-state index contributed by atoms with van der Waals surface area (Å²) in [5.74, 6) is -2.96. The fourth-order valence-electron chi connectivity index (χ4n) is 0.671. The second-order valence-electron chi connectivity index (χ2n) is 1.99. The molecule has 0 atom stereocenters. The molecule has 0 aliphatic carbocycles. The van der Waals surface area contributed by atoms with Crippen molar-refractivity contribution in [3.8, 4) is 11.8 Å². The number of phenolic OH excluding ortho intramolecular Hbond substituents is 1. The lowest BCUT2D eigenvalue weighted by Crippen LogP contribution is -1.89. The van der Waals surface area contributed by atoms with Crippen LogP contribution in [-0.4, -0.2) is 5.11 Å². The van der Waals surface area contributed by atoms with Gasteiger partial charge in [-0.3, -0.25) is 0 Å². The van der Waals surface area contributed by atoms with Gasteiger partial charge in [0.2, 0.25) is 0 Å². The number of rotatable bonds is 0. The molecule has 0 aromatic heterocycles. The standard InChI is InChI=1S/C7H2BrF2NO/c8-5-6(10)4(9)1-3(2-11)7(5)12/h1,12H. The highest BCUT2D eigenvalue weighted by Crippen LogP contribution is 2.31. The van der Waals surface area contributed by atoms with Crippen molar-refractivity contribution in [1.82, 2.24) is 0 Å². The van der Waals surface area contributed by atoms with Gasteiger partial charge in [0.1, 0.15) is 6.07 Å². The Morgan fingerprint density at radius 1 is 1.50 bits per heavy atom. The summed E-state index contributed by atoms with van der Waals surface area (Å²) >= 11 is 2.61. The zero-order valence-electron chi connectivity index (χ0n) is 5.61. The zero-order chi connectivity index (χ0) is 9.30. The molecule has 0 bridgehead atoms. The summed E-state index contributed by atoms with van der Waals surface area (Å²) in [4.78, 5) is 0. The van der Waals surface area contributed by atoms with Gasteiger partial charge in [0.05, 0.1) is 10.0 Å². The lowest BCUT2D eigenvalue weighted by Gasteiger charge is -2.00. The molecule has 0 amide bonds. The average Bonchev–Trinajstić information content (AvgIpc) is 2.08. The van der Waals surface area contributed by atoms with E-state index in [0.29, 0.717) is 6.07 Å². The maximum absolute atomic E-state index is 12.6. The van der Waals surface area contributed by atoms with Gasteiger partial charge in [-0.2, -0.15) is 5.26 Å². The lowest BCUT2D eigenvalue weighted by molar-refractivity contribution is 0.446. The number of hydrogen-bond donors (Lipinski definition) is 1. The molecule has 5 heteroatoms. The van der Waals surface area contributed by atoms with Crippen molar-refractivity contribution < 1.29 is 13.9 Å². The first kappa shape index (κ1) is 8.94. The third-order valence-corrected chi connectivity index (χ3v) is 1.98. The lowest BCUT2D eigenvalue weighted by atomic mass is 10.2. The molecule has 0 saturated carbocycles. The Morgan fingerprint density at radius 3 is 2.58 bits per heavy atom. The van der Waals surface area contributed by atoms with E-state index in [2.05, 4.69) is 15.9 Å². The predicted octanol–water partition coefficient (Wildman–Crippen LogP) is 2.30. The summed E-state index contributed by atoms with van der Waals surface area (Å²) < 4.78 is 24.7. The molecule has 2 nitrogen and oxygen atoms in total. The first-order valence-corrected chi connectivity index (χ1v) is 3.63. The molecule has 62 valence electrons. The molecule has 0 radical (unpaired) electrons. The summed E-state index contributed by atoms with van der Waals surface area (Å²) in [6.07, 6.45) is 0.